The lowest BCUT2D eigenvalue weighted by Crippen LogP contribution is -1.84. The summed E-state index contributed by atoms with van der Waals surface area (Å²) in [6, 6.07) is 3.14. The zero-order chi connectivity index (χ0) is 8.10. The number of methoxy groups -OCH3 is 1. The van der Waals surface area contributed by atoms with Gasteiger partial charge in [0, 0.05) is 12.3 Å². The predicted octanol–water partition coefficient (Wildman–Crippen LogP) is 1.06. The molecule has 0 amide bonds. The van der Waals surface area contributed by atoms with Crippen molar-refractivity contribution in [3.8, 4) is 5.88 Å². The van der Waals surface area contributed by atoms with E-state index >= 15 is 0 Å². The lowest BCUT2D eigenvalue weighted by Gasteiger charge is -1.96. The molecule has 0 radical (unpaired) electrons. The van der Waals surface area contributed by atoms with Crippen LogP contribution in [-0.4, -0.2) is 18.2 Å². The fraction of sp³-hybridized carbons (Fsp3) is 0.143. The maximum atomic E-state index is 9.82. The third-order valence-corrected chi connectivity index (χ3v) is 1.10. The van der Waals surface area contributed by atoms with Crippen molar-refractivity contribution in [1.29, 1.82) is 0 Å². The Morgan fingerprint density at radius 2 is 2.55 bits per heavy atom. The van der Waals surface area contributed by atoms with Gasteiger partial charge in [-0.05, 0) is 6.07 Å². The van der Waals surface area contributed by atoms with Crippen molar-refractivity contribution in [2.24, 2.45) is 4.99 Å². The second-order valence-corrected chi connectivity index (χ2v) is 1.76. The van der Waals surface area contributed by atoms with Gasteiger partial charge >= 0.3 is 0 Å². The van der Waals surface area contributed by atoms with E-state index < -0.39 is 0 Å². The highest BCUT2D eigenvalue weighted by Gasteiger charge is 1.92. The third-order valence-electron chi connectivity index (χ3n) is 1.10. The van der Waals surface area contributed by atoms with Gasteiger partial charge in [-0.15, -0.1) is 0 Å². The van der Waals surface area contributed by atoms with Crippen LogP contribution in [0.3, 0.4) is 0 Å². The molecule has 11 heavy (non-hydrogen) atoms. The maximum absolute atomic E-state index is 9.82. The van der Waals surface area contributed by atoms with Crippen molar-refractivity contribution in [2.75, 3.05) is 7.11 Å². The van der Waals surface area contributed by atoms with Crippen LogP contribution < -0.4 is 4.74 Å². The first-order valence-electron chi connectivity index (χ1n) is 2.94. The molecular weight excluding hydrogens is 144 g/mol. The van der Waals surface area contributed by atoms with Gasteiger partial charge in [-0.2, -0.15) is 4.99 Å². The smallest absolute Gasteiger partial charge is 0.240 e. The molecule has 0 aliphatic rings. The molecule has 0 aliphatic carbocycles. The fourth-order valence-corrected chi connectivity index (χ4v) is 0.633. The fourth-order valence-electron chi connectivity index (χ4n) is 0.633. The van der Waals surface area contributed by atoms with E-state index in [0.717, 1.165) is 0 Å². The largest absolute Gasteiger partial charge is 0.481 e. The van der Waals surface area contributed by atoms with E-state index in [1.165, 1.54) is 19.4 Å². The number of aromatic nitrogens is 1. The number of carbonyl (C=O) groups excluding carboxylic acids is 1. The van der Waals surface area contributed by atoms with Gasteiger partial charge in [0.1, 0.15) is 0 Å². The van der Waals surface area contributed by atoms with Crippen LogP contribution in [0, 0.1) is 0 Å². The Bertz CT molecular complexity index is 292. The van der Waals surface area contributed by atoms with Crippen LogP contribution in [0.4, 0.5) is 5.69 Å². The Hall–Kier alpha value is -1.67. The van der Waals surface area contributed by atoms with Crippen LogP contribution in [0.25, 0.3) is 0 Å². The first-order valence-corrected chi connectivity index (χ1v) is 2.94. The molecule has 0 N–H and O–H groups in total. The van der Waals surface area contributed by atoms with E-state index in [1.54, 1.807) is 12.1 Å². The molecule has 0 saturated heterocycles. The van der Waals surface area contributed by atoms with Gasteiger partial charge in [0.25, 0.3) is 0 Å². The Labute approximate surface area is 63.6 Å². The van der Waals surface area contributed by atoms with Crippen LogP contribution in [0.15, 0.2) is 23.3 Å². The molecule has 0 spiro atoms. The van der Waals surface area contributed by atoms with Gasteiger partial charge in [-0.25, -0.2) is 9.78 Å². The van der Waals surface area contributed by atoms with E-state index in [9.17, 15) is 4.79 Å². The number of hydrogen-bond donors (Lipinski definition) is 0. The van der Waals surface area contributed by atoms with Gasteiger partial charge < -0.3 is 4.74 Å². The van der Waals surface area contributed by atoms with Crippen LogP contribution in [0.5, 0.6) is 5.88 Å². The standard InChI is InChI=1S/C7H6N2O2/c1-11-7-4-6(9-5-10)2-3-8-7/h2-4H,1H3. The number of pyridine rings is 1. The average molecular weight is 150 g/mol. The predicted molar refractivity (Wildman–Crippen MR) is 38.6 cm³/mol. The van der Waals surface area contributed by atoms with Gasteiger partial charge in [-0.1, -0.05) is 0 Å². The van der Waals surface area contributed by atoms with Crippen LogP contribution in [0.2, 0.25) is 0 Å². The quantitative estimate of drug-likeness (QED) is 0.467. The van der Waals surface area contributed by atoms with E-state index in [4.69, 9.17) is 4.74 Å². The molecule has 1 rings (SSSR count). The van der Waals surface area contributed by atoms with Crippen molar-refractivity contribution in [3.63, 3.8) is 0 Å². The normalized spacial score (nSPS) is 8.45. The zero-order valence-corrected chi connectivity index (χ0v) is 5.94. The molecule has 0 aliphatic heterocycles. The highest BCUT2D eigenvalue weighted by atomic mass is 16.5. The number of aliphatic imine (C=N–C) groups is 1. The Morgan fingerprint density at radius 3 is 3.18 bits per heavy atom. The molecule has 0 unspecified atom stereocenters. The number of hydrogen-bond acceptors (Lipinski definition) is 4. The van der Waals surface area contributed by atoms with Crippen molar-refractivity contribution in [1.82, 2.24) is 4.98 Å². The summed E-state index contributed by atoms with van der Waals surface area (Å²) in [6.07, 6.45) is 2.94. The van der Waals surface area contributed by atoms with Crippen molar-refractivity contribution < 1.29 is 9.53 Å². The third kappa shape index (κ3) is 1.88. The molecule has 4 heteroatoms. The summed E-state index contributed by atoms with van der Waals surface area (Å²) in [5.74, 6) is 0.432. The van der Waals surface area contributed by atoms with E-state index in [-0.39, 0.29) is 0 Å². The molecule has 56 valence electrons. The number of nitrogens with zero attached hydrogens (tertiary/aromatic N) is 2. The molecule has 1 aromatic rings. The minimum atomic E-state index is 0.432. The Balaban J connectivity index is 3.00. The molecule has 0 fully saturated rings. The van der Waals surface area contributed by atoms with Gasteiger partial charge in [0.2, 0.25) is 12.0 Å². The highest BCUT2D eigenvalue weighted by Crippen LogP contribution is 2.15. The number of rotatable bonds is 2. The summed E-state index contributed by atoms with van der Waals surface area (Å²) >= 11 is 0. The van der Waals surface area contributed by atoms with E-state index in [1.807, 2.05) is 0 Å². The lowest BCUT2D eigenvalue weighted by atomic mass is 10.4. The monoisotopic (exact) mass is 150 g/mol. The molecule has 1 aromatic heterocycles. The number of ether oxygens (including phenoxy) is 1. The van der Waals surface area contributed by atoms with E-state index in [2.05, 4.69) is 9.98 Å². The summed E-state index contributed by atoms with van der Waals surface area (Å²) in [6.45, 7) is 0. The van der Waals surface area contributed by atoms with Crippen LogP contribution in [-0.2, 0) is 4.79 Å². The number of isocyanates is 1. The molecule has 4 nitrogen and oxygen atoms in total. The molecule has 0 aromatic carbocycles. The first kappa shape index (κ1) is 7.44. The van der Waals surface area contributed by atoms with Crippen LogP contribution in [0.1, 0.15) is 0 Å². The minimum Gasteiger partial charge on any atom is -0.481 e. The topological polar surface area (TPSA) is 51.5 Å². The summed E-state index contributed by atoms with van der Waals surface area (Å²) in [5.41, 5.74) is 0.492. The highest BCUT2D eigenvalue weighted by molar-refractivity contribution is 5.49. The second kappa shape index (κ2) is 3.49. The molecule has 1 heterocycles. The van der Waals surface area contributed by atoms with Crippen molar-refractivity contribution in [3.05, 3.63) is 18.3 Å². The Morgan fingerprint density at radius 1 is 1.73 bits per heavy atom. The summed E-state index contributed by atoms with van der Waals surface area (Å²) in [4.78, 5) is 17.0. The van der Waals surface area contributed by atoms with Crippen molar-refractivity contribution >= 4 is 11.8 Å². The van der Waals surface area contributed by atoms with Crippen molar-refractivity contribution in [2.45, 2.75) is 0 Å². The molecular formula is C7H6N2O2. The van der Waals surface area contributed by atoms with Gasteiger partial charge in [-0.3, -0.25) is 0 Å². The molecule has 0 saturated carbocycles. The molecule has 0 atom stereocenters. The second-order valence-electron chi connectivity index (χ2n) is 1.76. The first-order chi connectivity index (χ1) is 5.36. The lowest BCUT2D eigenvalue weighted by molar-refractivity contribution is 0.398. The summed E-state index contributed by atoms with van der Waals surface area (Å²) < 4.78 is 4.80. The van der Waals surface area contributed by atoms with E-state index in [0.29, 0.717) is 11.6 Å². The van der Waals surface area contributed by atoms with Gasteiger partial charge in [0.15, 0.2) is 0 Å². The maximum Gasteiger partial charge on any atom is 0.240 e. The summed E-state index contributed by atoms with van der Waals surface area (Å²) in [7, 11) is 1.50. The summed E-state index contributed by atoms with van der Waals surface area (Å²) in [5, 5.41) is 0. The SMILES string of the molecule is COc1cc(N=C=O)ccn1. The molecule has 0 bridgehead atoms. The Kier molecular flexibility index (Phi) is 2.36. The van der Waals surface area contributed by atoms with Crippen LogP contribution >= 0.6 is 0 Å². The average Bonchev–Trinajstić information content (AvgIpc) is 2.06. The van der Waals surface area contributed by atoms with Gasteiger partial charge in [0.05, 0.1) is 12.8 Å². The minimum absolute atomic E-state index is 0.432. The zero-order valence-electron chi connectivity index (χ0n) is 5.94.